The lowest BCUT2D eigenvalue weighted by Crippen LogP contribution is -2.68. The summed E-state index contributed by atoms with van der Waals surface area (Å²) in [4.78, 5) is 14.6. The molecule has 4 nitrogen and oxygen atoms in total. The molecule has 0 aromatic heterocycles. The van der Waals surface area contributed by atoms with Crippen LogP contribution < -0.4 is 10.1 Å². The molecule has 3 atom stereocenters. The Kier molecular flexibility index (Phi) is 4.42. The van der Waals surface area contributed by atoms with Gasteiger partial charge >= 0.3 is 6.03 Å². The van der Waals surface area contributed by atoms with Crippen molar-refractivity contribution in [1.29, 1.82) is 0 Å². The number of rotatable bonds is 2. The highest BCUT2D eigenvalue weighted by atomic mass is 35.5. The monoisotopic (exact) mass is 418 g/mol. The zero-order chi connectivity index (χ0) is 20.2. The maximum Gasteiger partial charge on any atom is 0.318 e. The van der Waals surface area contributed by atoms with Crippen molar-refractivity contribution in [3.63, 3.8) is 0 Å². The maximum atomic E-state index is 15.2. The van der Waals surface area contributed by atoms with Crippen molar-refractivity contribution in [3.8, 4) is 5.75 Å². The van der Waals surface area contributed by atoms with Gasteiger partial charge in [0, 0.05) is 28.6 Å². The number of hydrogen-bond acceptors (Lipinski definition) is 2. The molecule has 0 aliphatic carbocycles. The molecule has 1 N–H and O–H groups in total. The molecule has 3 aliphatic heterocycles. The van der Waals surface area contributed by atoms with Gasteiger partial charge in [0.25, 0.3) is 0 Å². The third-order valence-corrected chi connectivity index (χ3v) is 6.91. The average molecular weight is 419 g/mol. The van der Waals surface area contributed by atoms with Crippen LogP contribution in [0.3, 0.4) is 0 Å². The number of benzene rings is 2. The number of nitrogens with one attached hydrogen (secondary N) is 1. The fourth-order valence-electron chi connectivity index (χ4n) is 5.37. The van der Waals surface area contributed by atoms with Crippen LogP contribution >= 0.6 is 11.6 Å². The number of halogens is 3. The SMILES string of the molecule is O=C1NCC[C@@H]2CC[C@@]3(Cc4ccc(Cl)cc4)c4c(F)ccc(F)c4OC[C@H]3N12. The normalized spacial score (nSPS) is 28.0. The quantitative estimate of drug-likeness (QED) is 0.783. The largest absolute Gasteiger partial charge is 0.488 e. The first-order chi connectivity index (χ1) is 14.0. The van der Waals surface area contributed by atoms with E-state index in [0.717, 1.165) is 30.5 Å². The molecule has 7 heteroatoms. The van der Waals surface area contributed by atoms with E-state index < -0.39 is 17.0 Å². The molecule has 152 valence electrons. The summed E-state index contributed by atoms with van der Waals surface area (Å²) in [5, 5.41) is 3.52. The zero-order valence-corrected chi connectivity index (χ0v) is 16.5. The summed E-state index contributed by atoms with van der Waals surface area (Å²) >= 11 is 6.04. The van der Waals surface area contributed by atoms with Crippen LogP contribution in [-0.4, -0.2) is 36.2 Å². The molecule has 0 saturated carbocycles. The number of amides is 2. The summed E-state index contributed by atoms with van der Waals surface area (Å²) in [6.45, 7) is 0.780. The predicted molar refractivity (Wildman–Crippen MR) is 105 cm³/mol. The number of piperidine rings is 1. The first-order valence-electron chi connectivity index (χ1n) is 9.91. The summed E-state index contributed by atoms with van der Waals surface area (Å²) < 4.78 is 35.5. The van der Waals surface area contributed by atoms with E-state index in [-0.39, 0.29) is 36.0 Å². The van der Waals surface area contributed by atoms with Gasteiger partial charge in [0.05, 0.1) is 6.04 Å². The summed E-state index contributed by atoms with van der Waals surface area (Å²) in [5.41, 5.74) is 0.450. The fraction of sp³-hybridized carbons (Fsp3) is 0.409. The van der Waals surface area contributed by atoms with Gasteiger partial charge in [0.15, 0.2) is 11.6 Å². The van der Waals surface area contributed by atoms with E-state index in [1.54, 1.807) is 12.1 Å². The number of urea groups is 1. The molecule has 2 aromatic rings. The molecule has 2 aromatic carbocycles. The summed E-state index contributed by atoms with van der Waals surface area (Å²) in [7, 11) is 0. The third-order valence-electron chi connectivity index (χ3n) is 6.65. The van der Waals surface area contributed by atoms with Crippen molar-refractivity contribution in [2.45, 2.75) is 43.2 Å². The Morgan fingerprint density at radius 2 is 1.90 bits per heavy atom. The molecule has 2 amide bonds. The van der Waals surface area contributed by atoms with E-state index in [2.05, 4.69) is 5.32 Å². The maximum absolute atomic E-state index is 15.2. The zero-order valence-electron chi connectivity index (χ0n) is 15.8. The summed E-state index contributed by atoms with van der Waals surface area (Å²) in [6.07, 6.45) is 2.72. The van der Waals surface area contributed by atoms with Gasteiger partial charge < -0.3 is 15.0 Å². The van der Waals surface area contributed by atoms with Gasteiger partial charge in [-0.2, -0.15) is 0 Å². The molecular weight excluding hydrogens is 398 g/mol. The molecule has 29 heavy (non-hydrogen) atoms. The van der Waals surface area contributed by atoms with E-state index in [1.165, 1.54) is 0 Å². The van der Waals surface area contributed by atoms with Crippen LogP contribution in [0.2, 0.25) is 5.02 Å². The smallest absolute Gasteiger partial charge is 0.318 e. The van der Waals surface area contributed by atoms with Crippen molar-refractivity contribution in [2.75, 3.05) is 13.2 Å². The Bertz CT molecular complexity index is 968. The van der Waals surface area contributed by atoms with Crippen LogP contribution in [0.4, 0.5) is 13.6 Å². The van der Waals surface area contributed by atoms with E-state index in [4.69, 9.17) is 16.3 Å². The van der Waals surface area contributed by atoms with Crippen molar-refractivity contribution in [1.82, 2.24) is 10.2 Å². The van der Waals surface area contributed by atoms with Crippen molar-refractivity contribution in [2.24, 2.45) is 0 Å². The van der Waals surface area contributed by atoms with Crippen LogP contribution in [0.25, 0.3) is 0 Å². The minimum atomic E-state index is -0.765. The van der Waals surface area contributed by atoms with Crippen LogP contribution in [0.1, 0.15) is 30.4 Å². The Balaban J connectivity index is 1.68. The molecule has 3 heterocycles. The highest BCUT2D eigenvalue weighted by Crippen LogP contribution is 2.52. The number of ether oxygens (including phenoxy) is 1. The molecule has 0 spiro atoms. The van der Waals surface area contributed by atoms with Crippen LogP contribution in [0.5, 0.6) is 5.75 Å². The Morgan fingerprint density at radius 3 is 2.69 bits per heavy atom. The lowest BCUT2D eigenvalue weighted by molar-refractivity contribution is -0.00805. The standard InChI is InChI=1S/C22H21ClF2N2O2/c23-14-3-1-13(2-4-14)11-22-9-7-15-8-10-26-21(28)27(15)18(22)12-29-20-17(25)6-5-16(24)19(20)22/h1-6,15,18H,7-12H2,(H,26,28)/t15-,18+,22-/m0/s1. The molecule has 3 aliphatic rings. The van der Waals surface area contributed by atoms with Crippen molar-refractivity contribution in [3.05, 3.63) is 64.2 Å². The molecule has 0 unspecified atom stereocenters. The van der Waals surface area contributed by atoms with Gasteiger partial charge in [0.2, 0.25) is 0 Å². The molecular formula is C22H21ClF2N2O2. The second-order valence-corrected chi connectivity index (χ2v) is 8.58. The molecule has 5 rings (SSSR count). The minimum absolute atomic E-state index is 0.0221. The Labute approximate surface area is 172 Å². The lowest BCUT2D eigenvalue weighted by Gasteiger charge is -2.56. The number of nitrogens with zero attached hydrogens (tertiary/aromatic N) is 1. The highest BCUT2D eigenvalue weighted by molar-refractivity contribution is 6.30. The van der Waals surface area contributed by atoms with Gasteiger partial charge in [0.1, 0.15) is 12.4 Å². The van der Waals surface area contributed by atoms with E-state index >= 15 is 4.39 Å². The molecule has 2 saturated heterocycles. The van der Waals surface area contributed by atoms with Crippen LogP contribution in [-0.2, 0) is 11.8 Å². The molecule has 0 bridgehead atoms. The summed E-state index contributed by atoms with van der Waals surface area (Å²) in [6, 6.07) is 9.22. The Hall–Kier alpha value is -2.34. The second kappa shape index (κ2) is 6.87. The second-order valence-electron chi connectivity index (χ2n) is 8.14. The van der Waals surface area contributed by atoms with Gasteiger partial charge in [-0.3, -0.25) is 0 Å². The number of hydrogen-bond donors (Lipinski definition) is 1. The summed E-state index contributed by atoms with van der Waals surface area (Å²) in [5.74, 6) is -1.08. The molecule has 0 radical (unpaired) electrons. The fourth-order valence-corrected chi connectivity index (χ4v) is 5.50. The first-order valence-corrected chi connectivity index (χ1v) is 10.3. The highest BCUT2D eigenvalue weighted by Gasteiger charge is 2.56. The van der Waals surface area contributed by atoms with Gasteiger partial charge in [-0.05, 0) is 55.5 Å². The number of carbonyl (C=O) groups is 1. The van der Waals surface area contributed by atoms with Crippen LogP contribution in [0, 0.1) is 11.6 Å². The van der Waals surface area contributed by atoms with Gasteiger partial charge in [-0.25, -0.2) is 13.6 Å². The van der Waals surface area contributed by atoms with Crippen molar-refractivity contribution < 1.29 is 18.3 Å². The van der Waals surface area contributed by atoms with E-state index in [9.17, 15) is 9.18 Å². The lowest BCUT2D eigenvalue weighted by atomic mass is 9.62. The third kappa shape index (κ3) is 2.88. The van der Waals surface area contributed by atoms with Crippen LogP contribution in [0.15, 0.2) is 36.4 Å². The van der Waals surface area contributed by atoms with Gasteiger partial charge in [-0.1, -0.05) is 23.7 Å². The molecule has 2 fully saturated rings. The van der Waals surface area contributed by atoms with E-state index in [1.807, 2.05) is 17.0 Å². The predicted octanol–water partition coefficient (Wildman–Crippen LogP) is 4.44. The Morgan fingerprint density at radius 1 is 1.14 bits per heavy atom. The topological polar surface area (TPSA) is 41.6 Å². The average Bonchev–Trinajstić information content (AvgIpc) is 2.72. The van der Waals surface area contributed by atoms with Gasteiger partial charge in [-0.15, -0.1) is 0 Å². The van der Waals surface area contributed by atoms with E-state index in [0.29, 0.717) is 24.4 Å². The van der Waals surface area contributed by atoms with Crippen molar-refractivity contribution >= 4 is 17.6 Å². The number of carbonyl (C=O) groups excluding carboxylic acids is 1. The first kappa shape index (κ1) is 18.7. The minimum Gasteiger partial charge on any atom is -0.488 e. The number of fused-ring (bicyclic) bond motifs is 5.